The third-order valence-corrected chi connectivity index (χ3v) is 6.02. The molecule has 0 radical (unpaired) electrons. The van der Waals surface area contributed by atoms with Crippen molar-refractivity contribution in [3.8, 4) is 11.1 Å². The molecule has 0 saturated carbocycles. The molecule has 1 heterocycles. The first-order valence-corrected chi connectivity index (χ1v) is 10.9. The summed E-state index contributed by atoms with van der Waals surface area (Å²) in [7, 11) is 0. The van der Waals surface area contributed by atoms with Crippen molar-refractivity contribution in [2.75, 3.05) is 0 Å². The predicted molar refractivity (Wildman–Crippen MR) is 124 cm³/mol. The van der Waals surface area contributed by atoms with Crippen molar-refractivity contribution in [1.82, 2.24) is 9.78 Å². The zero-order chi connectivity index (χ0) is 23.0. The Kier molecular flexibility index (Phi) is 6.04. The van der Waals surface area contributed by atoms with E-state index in [4.69, 9.17) is 11.6 Å². The summed E-state index contributed by atoms with van der Waals surface area (Å²) in [5.74, 6) is 0.462. The Morgan fingerprint density at radius 1 is 0.969 bits per heavy atom. The van der Waals surface area contributed by atoms with Crippen molar-refractivity contribution < 1.29 is 13.2 Å². The Hall–Kier alpha value is -2.79. The van der Waals surface area contributed by atoms with Gasteiger partial charge in [0.2, 0.25) is 0 Å². The van der Waals surface area contributed by atoms with Gasteiger partial charge in [-0.15, -0.1) is 0 Å². The van der Waals surface area contributed by atoms with Crippen LogP contribution in [0.15, 0.2) is 66.9 Å². The van der Waals surface area contributed by atoms with Crippen LogP contribution in [-0.4, -0.2) is 9.78 Å². The molecule has 0 N–H and O–H groups in total. The molecule has 0 fully saturated rings. The molecule has 2 nitrogen and oxygen atoms in total. The highest BCUT2D eigenvalue weighted by Crippen LogP contribution is 2.38. The molecular weight excluding hydrogens is 433 g/mol. The highest BCUT2D eigenvalue weighted by molar-refractivity contribution is 6.34. The third kappa shape index (κ3) is 4.40. The normalized spacial score (nSPS) is 13.1. The average molecular weight is 457 g/mol. The molecule has 4 aromatic rings. The van der Waals surface area contributed by atoms with Crippen LogP contribution in [0.2, 0.25) is 5.02 Å². The van der Waals surface area contributed by atoms with Gasteiger partial charge in [0.05, 0.1) is 28.3 Å². The molecule has 0 aliphatic heterocycles. The number of hydrogen-bond donors (Lipinski definition) is 0. The van der Waals surface area contributed by atoms with Crippen molar-refractivity contribution in [2.45, 2.75) is 39.4 Å². The largest absolute Gasteiger partial charge is 0.416 e. The van der Waals surface area contributed by atoms with E-state index in [1.807, 2.05) is 35.0 Å². The summed E-state index contributed by atoms with van der Waals surface area (Å²) in [6, 6.07) is 17.8. The second kappa shape index (κ2) is 8.62. The monoisotopic (exact) mass is 456 g/mol. The van der Waals surface area contributed by atoms with Gasteiger partial charge in [0.1, 0.15) is 0 Å². The Bertz CT molecular complexity index is 1240. The van der Waals surface area contributed by atoms with E-state index in [1.165, 1.54) is 11.6 Å². The van der Waals surface area contributed by atoms with E-state index in [0.29, 0.717) is 27.6 Å². The van der Waals surface area contributed by atoms with Crippen LogP contribution < -0.4 is 0 Å². The van der Waals surface area contributed by atoms with Crippen LogP contribution >= 0.6 is 11.6 Å². The number of alkyl halides is 3. The number of fused-ring (bicyclic) bond motifs is 1. The zero-order valence-electron chi connectivity index (χ0n) is 18.1. The lowest BCUT2D eigenvalue weighted by molar-refractivity contribution is -0.137. The highest BCUT2D eigenvalue weighted by Gasteiger charge is 2.31. The minimum atomic E-state index is -4.37. The molecule has 1 unspecified atom stereocenters. The van der Waals surface area contributed by atoms with Crippen molar-refractivity contribution >= 4 is 22.5 Å². The fourth-order valence-corrected chi connectivity index (χ4v) is 4.42. The number of halogens is 4. The van der Waals surface area contributed by atoms with Gasteiger partial charge < -0.3 is 0 Å². The van der Waals surface area contributed by atoms with Gasteiger partial charge in [-0.2, -0.15) is 18.3 Å². The maximum Gasteiger partial charge on any atom is 0.416 e. The van der Waals surface area contributed by atoms with Gasteiger partial charge in [0, 0.05) is 10.9 Å². The molecule has 1 atom stereocenters. The van der Waals surface area contributed by atoms with Crippen LogP contribution in [0.3, 0.4) is 0 Å². The number of aryl methyl sites for hydroxylation is 1. The molecule has 0 aliphatic rings. The molecular formula is C26H24ClF3N2. The lowest BCUT2D eigenvalue weighted by Crippen LogP contribution is -2.14. The van der Waals surface area contributed by atoms with E-state index >= 15 is 0 Å². The minimum Gasteiger partial charge on any atom is -0.257 e. The van der Waals surface area contributed by atoms with Crippen LogP contribution in [0, 0.1) is 12.8 Å². The zero-order valence-corrected chi connectivity index (χ0v) is 18.9. The summed E-state index contributed by atoms with van der Waals surface area (Å²) in [5.41, 5.74) is 3.31. The maximum atomic E-state index is 13.1. The lowest BCUT2D eigenvalue weighted by Gasteiger charge is -2.21. The quantitative estimate of drug-likeness (QED) is 0.295. The third-order valence-electron chi connectivity index (χ3n) is 5.70. The van der Waals surface area contributed by atoms with Gasteiger partial charge in [0.15, 0.2) is 0 Å². The first-order valence-electron chi connectivity index (χ1n) is 10.5. The summed E-state index contributed by atoms with van der Waals surface area (Å²) < 4.78 is 41.2. The van der Waals surface area contributed by atoms with Crippen LogP contribution in [0.5, 0.6) is 0 Å². The number of nitrogens with zero attached hydrogens (tertiary/aromatic N) is 2. The van der Waals surface area contributed by atoms with Gasteiger partial charge in [-0.3, -0.25) is 4.68 Å². The number of hydrogen-bond acceptors (Lipinski definition) is 1. The maximum absolute atomic E-state index is 13.1. The van der Waals surface area contributed by atoms with Crippen molar-refractivity contribution in [3.63, 3.8) is 0 Å². The molecule has 32 heavy (non-hydrogen) atoms. The van der Waals surface area contributed by atoms with E-state index in [9.17, 15) is 13.2 Å². The summed E-state index contributed by atoms with van der Waals surface area (Å²) in [6.07, 6.45) is -1.66. The van der Waals surface area contributed by atoms with E-state index < -0.39 is 11.7 Å². The summed E-state index contributed by atoms with van der Waals surface area (Å²) >= 11 is 6.66. The molecule has 6 heteroatoms. The standard InChI is InChI=1S/C26H24ClF3N2/c1-16(2)11-24(18-7-5-4-6-8-18)32-25-14-23(27)22(13-19(25)15-31-32)21-10-9-20(12-17(21)3)26(28,29)30/h4-10,12-16,24H,11H2,1-3H3. The average Bonchev–Trinajstić information content (AvgIpc) is 3.13. The second-order valence-corrected chi connectivity index (χ2v) is 8.97. The Labute approximate surface area is 190 Å². The summed E-state index contributed by atoms with van der Waals surface area (Å²) in [5, 5.41) is 6.06. The van der Waals surface area contributed by atoms with E-state index in [2.05, 4.69) is 31.1 Å². The molecule has 0 saturated heterocycles. The summed E-state index contributed by atoms with van der Waals surface area (Å²) in [4.78, 5) is 0. The fourth-order valence-electron chi connectivity index (χ4n) is 4.16. The van der Waals surface area contributed by atoms with E-state index in [0.717, 1.165) is 29.5 Å². The molecule has 166 valence electrons. The van der Waals surface area contributed by atoms with Gasteiger partial charge >= 0.3 is 6.18 Å². The van der Waals surface area contributed by atoms with Crippen LogP contribution in [0.4, 0.5) is 13.2 Å². The smallest absolute Gasteiger partial charge is 0.257 e. The van der Waals surface area contributed by atoms with Crippen molar-refractivity contribution in [2.24, 2.45) is 5.92 Å². The van der Waals surface area contributed by atoms with Crippen molar-refractivity contribution in [1.29, 1.82) is 0 Å². The highest BCUT2D eigenvalue weighted by atomic mass is 35.5. The van der Waals surface area contributed by atoms with Gasteiger partial charge in [-0.1, -0.05) is 61.8 Å². The Balaban J connectivity index is 1.80. The van der Waals surface area contributed by atoms with Crippen molar-refractivity contribution in [3.05, 3.63) is 88.6 Å². The minimum absolute atomic E-state index is 0.0587. The van der Waals surface area contributed by atoms with Crippen LogP contribution in [0.25, 0.3) is 22.0 Å². The van der Waals surface area contributed by atoms with E-state index in [-0.39, 0.29) is 6.04 Å². The topological polar surface area (TPSA) is 17.8 Å². The van der Waals surface area contributed by atoms with Gasteiger partial charge in [-0.05, 0) is 60.2 Å². The molecule has 0 bridgehead atoms. The van der Waals surface area contributed by atoms with Gasteiger partial charge in [-0.25, -0.2) is 0 Å². The number of benzene rings is 3. The molecule has 0 aliphatic carbocycles. The predicted octanol–water partition coefficient (Wildman–Crippen LogP) is 8.32. The van der Waals surface area contributed by atoms with Crippen LogP contribution in [-0.2, 0) is 6.18 Å². The summed E-state index contributed by atoms with van der Waals surface area (Å²) in [6.45, 7) is 6.03. The fraction of sp³-hybridized carbons (Fsp3) is 0.269. The molecule has 3 aromatic carbocycles. The first-order chi connectivity index (χ1) is 15.1. The molecule has 4 rings (SSSR count). The molecule has 0 spiro atoms. The molecule has 0 amide bonds. The van der Waals surface area contributed by atoms with E-state index in [1.54, 1.807) is 13.1 Å². The van der Waals surface area contributed by atoms with Crippen LogP contribution in [0.1, 0.15) is 43.0 Å². The molecule has 1 aromatic heterocycles. The second-order valence-electron chi connectivity index (χ2n) is 8.56. The number of aromatic nitrogens is 2. The lowest BCUT2D eigenvalue weighted by atomic mass is 9.96. The first kappa shape index (κ1) is 22.4. The number of rotatable bonds is 5. The SMILES string of the molecule is Cc1cc(C(F)(F)F)ccc1-c1cc2cnn(C(CC(C)C)c3ccccc3)c2cc1Cl. The Morgan fingerprint density at radius 2 is 1.69 bits per heavy atom. The van der Waals surface area contributed by atoms with Gasteiger partial charge in [0.25, 0.3) is 0 Å². The Morgan fingerprint density at radius 3 is 2.31 bits per heavy atom.